The first kappa shape index (κ1) is 43.6. The van der Waals surface area contributed by atoms with Crippen molar-refractivity contribution in [2.24, 2.45) is 28.8 Å². The standard InChI is InChI=1S/C41H63N3O10/c1-12-32-41(8,49)36(47)25(4)33(43-51-19-13-14-28-15-16-30-29(21-28)17-18-42-30)23(2)22-40(7,50-11)37(26(5)34(45)27(6)38(48)53-32)54-39-35(46)31(44(9)10)20-24(3)52-39/h13-18,21,23-27,31-32,35-37,39,42,46-47,49H,12,19-20,22H2,1-11H3/b14-13+,43-33+/t23-,24-,25+,26+,27-,31+,32-,35-,36-,37-,39+,40-,41-/m1/s1. The fourth-order valence-corrected chi connectivity index (χ4v) is 8.13. The maximum absolute atomic E-state index is 14.2. The lowest BCUT2D eigenvalue weighted by atomic mass is 9.74. The summed E-state index contributed by atoms with van der Waals surface area (Å²) in [5.41, 5.74) is -0.684. The van der Waals surface area contributed by atoms with Gasteiger partial charge in [-0.25, -0.2) is 0 Å². The number of aromatic amines is 1. The summed E-state index contributed by atoms with van der Waals surface area (Å²) in [5, 5.41) is 40.6. The lowest BCUT2D eigenvalue weighted by Gasteiger charge is -2.47. The molecule has 0 amide bonds. The quantitative estimate of drug-likeness (QED) is 0.121. The van der Waals surface area contributed by atoms with E-state index in [4.69, 9.17) is 23.8 Å². The second-order valence-corrected chi connectivity index (χ2v) is 16.0. The molecule has 2 fully saturated rings. The Morgan fingerprint density at radius 2 is 1.78 bits per heavy atom. The minimum absolute atomic E-state index is 0.120. The Labute approximate surface area is 320 Å². The number of ether oxygens (including phenoxy) is 4. The summed E-state index contributed by atoms with van der Waals surface area (Å²) in [6.07, 6.45) is 0.618. The number of methoxy groups -OCH3 is 1. The summed E-state index contributed by atoms with van der Waals surface area (Å²) in [4.78, 5) is 38.7. The van der Waals surface area contributed by atoms with Crippen LogP contribution in [0.1, 0.15) is 80.2 Å². The highest BCUT2D eigenvalue weighted by molar-refractivity contribution is 6.00. The topological polar surface area (TPSA) is 172 Å². The smallest absolute Gasteiger partial charge is 0.316 e. The lowest BCUT2D eigenvalue weighted by molar-refractivity contribution is -0.295. The first-order chi connectivity index (χ1) is 25.4. The van der Waals surface area contributed by atoms with Gasteiger partial charge in [-0.2, -0.15) is 0 Å². The normalized spacial score (nSPS) is 38.6. The van der Waals surface area contributed by atoms with Crippen molar-refractivity contribution in [1.82, 2.24) is 9.88 Å². The molecule has 2 saturated heterocycles. The Morgan fingerprint density at radius 3 is 2.43 bits per heavy atom. The van der Waals surface area contributed by atoms with E-state index < -0.39 is 77.3 Å². The SMILES string of the molecule is CC[C@H]1OC(=O)[C@H](C)C(=O)[C@H](C)[C@@H](O[C@@H]2O[C@H](C)C[C@H](N(C)C)[C@H]2O)[C@](C)(OC)C[C@@H](C)/C(=N\OC/C=C/c2ccc3[nH]ccc3c2)[C@H](C)[C@@H](O)[C@]1(C)O. The number of esters is 1. The number of ketones is 1. The third-order valence-electron chi connectivity index (χ3n) is 11.6. The number of rotatable bonds is 9. The van der Waals surface area contributed by atoms with Crippen LogP contribution < -0.4 is 0 Å². The van der Waals surface area contributed by atoms with Crippen LogP contribution in [0.15, 0.2) is 41.7 Å². The van der Waals surface area contributed by atoms with Crippen molar-refractivity contribution >= 4 is 34.4 Å². The summed E-state index contributed by atoms with van der Waals surface area (Å²) < 4.78 is 24.8. The Hall–Kier alpha value is -3.17. The molecule has 0 spiro atoms. The molecule has 0 saturated carbocycles. The third-order valence-corrected chi connectivity index (χ3v) is 11.6. The number of aliphatic hydroxyl groups is 3. The lowest BCUT2D eigenvalue weighted by Crippen LogP contribution is -2.60. The van der Waals surface area contributed by atoms with Crippen molar-refractivity contribution in [3.05, 3.63) is 42.1 Å². The van der Waals surface area contributed by atoms with Gasteiger partial charge in [-0.3, -0.25) is 9.59 Å². The van der Waals surface area contributed by atoms with Crippen LogP contribution in [0.5, 0.6) is 0 Å². The first-order valence-corrected chi connectivity index (χ1v) is 19.1. The molecular formula is C41H63N3O10. The number of Topliss-reactive ketones (excluding diaryl/α,β-unsaturated/α-hetero) is 1. The first-order valence-electron chi connectivity index (χ1n) is 19.1. The van der Waals surface area contributed by atoms with E-state index in [0.717, 1.165) is 16.5 Å². The molecule has 0 aliphatic carbocycles. The van der Waals surface area contributed by atoms with E-state index >= 15 is 0 Å². The van der Waals surface area contributed by atoms with Gasteiger partial charge < -0.3 is 49.0 Å². The second kappa shape index (κ2) is 18.2. The van der Waals surface area contributed by atoms with Crippen molar-refractivity contribution in [3.63, 3.8) is 0 Å². The molecule has 2 aliphatic rings. The molecule has 4 N–H and O–H groups in total. The Bertz CT molecular complexity index is 1620. The number of benzene rings is 1. The molecule has 13 atom stereocenters. The van der Waals surface area contributed by atoms with E-state index in [2.05, 4.69) is 16.2 Å². The van der Waals surface area contributed by atoms with Crippen LogP contribution in [0.3, 0.4) is 0 Å². The van der Waals surface area contributed by atoms with Crippen molar-refractivity contribution in [1.29, 1.82) is 0 Å². The number of oxime groups is 1. The number of hydrogen-bond donors (Lipinski definition) is 4. The Morgan fingerprint density at radius 1 is 1.07 bits per heavy atom. The van der Waals surface area contributed by atoms with Crippen LogP contribution in [0.4, 0.5) is 0 Å². The van der Waals surface area contributed by atoms with E-state index in [0.29, 0.717) is 12.1 Å². The average molecular weight is 758 g/mol. The van der Waals surface area contributed by atoms with Crippen LogP contribution in [0, 0.1) is 23.7 Å². The number of fused-ring (bicyclic) bond motifs is 1. The molecule has 4 rings (SSSR count). The third kappa shape index (κ3) is 9.61. The zero-order valence-electron chi connectivity index (χ0n) is 33.8. The van der Waals surface area contributed by atoms with E-state index in [1.165, 1.54) is 21.0 Å². The second-order valence-electron chi connectivity index (χ2n) is 16.0. The van der Waals surface area contributed by atoms with E-state index in [1.54, 1.807) is 20.8 Å². The number of H-pyrrole nitrogens is 1. The van der Waals surface area contributed by atoms with Crippen molar-refractivity contribution in [3.8, 4) is 0 Å². The number of aliphatic hydroxyl groups excluding tert-OH is 2. The molecule has 302 valence electrons. The van der Waals surface area contributed by atoms with Crippen LogP contribution in [0.2, 0.25) is 0 Å². The number of carbonyl (C=O) groups excluding carboxylic acids is 2. The maximum Gasteiger partial charge on any atom is 0.316 e. The minimum atomic E-state index is -1.91. The summed E-state index contributed by atoms with van der Waals surface area (Å²) in [5.74, 6) is -4.72. The molecule has 2 aliphatic heterocycles. The van der Waals surface area contributed by atoms with Crippen molar-refractivity contribution in [2.45, 2.75) is 129 Å². The number of nitrogens with zero attached hydrogens (tertiary/aromatic N) is 2. The number of hydrogen-bond acceptors (Lipinski definition) is 12. The van der Waals surface area contributed by atoms with Crippen LogP contribution in [-0.2, 0) is 33.4 Å². The summed E-state index contributed by atoms with van der Waals surface area (Å²) in [7, 11) is 5.27. The number of carbonyl (C=O) groups is 2. The van der Waals surface area contributed by atoms with Gasteiger partial charge in [0.15, 0.2) is 12.1 Å². The van der Waals surface area contributed by atoms with Gasteiger partial charge in [0.2, 0.25) is 0 Å². The van der Waals surface area contributed by atoms with Crippen LogP contribution in [-0.4, -0.2) is 125 Å². The minimum Gasteiger partial charge on any atom is -0.459 e. The molecule has 0 bridgehead atoms. The predicted molar refractivity (Wildman–Crippen MR) is 207 cm³/mol. The largest absolute Gasteiger partial charge is 0.459 e. The Kier molecular flexibility index (Phi) is 14.7. The molecule has 2 aromatic rings. The van der Waals surface area contributed by atoms with Crippen molar-refractivity contribution in [2.75, 3.05) is 27.8 Å². The van der Waals surface area contributed by atoms with E-state index in [9.17, 15) is 24.9 Å². The molecule has 0 radical (unpaired) electrons. The number of nitrogens with one attached hydrogen (secondary N) is 1. The number of cyclic esters (lactones) is 1. The van der Waals surface area contributed by atoms with E-state index in [-0.39, 0.29) is 31.6 Å². The van der Waals surface area contributed by atoms with Gasteiger partial charge in [0.05, 0.1) is 29.6 Å². The van der Waals surface area contributed by atoms with Gasteiger partial charge in [-0.15, -0.1) is 0 Å². The highest BCUT2D eigenvalue weighted by atomic mass is 16.7. The molecule has 1 aromatic carbocycles. The molecule has 54 heavy (non-hydrogen) atoms. The molecule has 13 nitrogen and oxygen atoms in total. The van der Waals surface area contributed by atoms with Crippen LogP contribution in [0.25, 0.3) is 17.0 Å². The fourth-order valence-electron chi connectivity index (χ4n) is 8.13. The van der Waals surface area contributed by atoms with Gasteiger partial charge in [-0.05, 0) is 96.3 Å². The highest BCUT2D eigenvalue weighted by Gasteiger charge is 2.51. The van der Waals surface area contributed by atoms with E-state index in [1.807, 2.05) is 76.3 Å². The van der Waals surface area contributed by atoms with Gasteiger partial charge in [0.25, 0.3) is 0 Å². The number of aromatic nitrogens is 1. The predicted octanol–water partition coefficient (Wildman–Crippen LogP) is 4.72. The average Bonchev–Trinajstić information content (AvgIpc) is 3.61. The van der Waals surface area contributed by atoms with Gasteiger partial charge in [-0.1, -0.05) is 45.0 Å². The summed E-state index contributed by atoms with van der Waals surface area (Å²) >= 11 is 0. The van der Waals surface area contributed by atoms with Crippen LogP contribution >= 0.6 is 0 Å². The number of likely N-dealkylation sites (N-methyl/N-ethyl adjacent to an activating group) is 1. The van der Waals surface area contributed by atoms with Gasteiger partial charge in [0, 0.05) is 42.6 Å². The zero-order valence-corrected chi connectivity index (χ0v) is 33.8. The molecule has 13 heteroatoms. The molecule has 1 aromatic heterocycles. The molecular weight excluding hydrogens is 694 g/mol. The Balaban J connectivity index is 1.73. The molecule has 0 unspecified atom stereocenters. The highest BCUT2D eigenvalue weighted by Crippen LogP contribution is 2.38. The fraction of sp³-hybridized carbons (Fsp3) is 0.683. The summed E-state index contributed by atoms with van der Waals surface area (Å²) in [6, 6.07) is 7.78. The maximum atomic E-state index is 14.2. The van der Waals surface area contributed by atoms with Gasteiger partial charge in [0.1, 0.15) is 30.3 Å². The molecule has 3 heterocycles. The summed E-state index contributed by atoms with van der Waals surface area (Å²) in [6.45, 7) is 13.8. The van der Waals surface area contributed by atoms with Crippen molar-refractivity contribution < 1.29 is 48.7 Å². The zero-order chi connectivity index (χ0) is 40.1. The monoisotopic (exact) mass is 757 g/mol. The van der Waals surface area contributed by atoms with Gasteiger partial charge >= 0.3 is 5.97 Å².